The van der Waals surface area contributed by atoms with E-state index in [-0.39, 0.29) is 17.4 Å². The Morgan fingerprint density at radius 2 is 1.96 bits per heavy atom. The third kappa shape index (κ3) is 3.42. The monoisotopic (exact) mass is 334 g/mol. The molecule has 0 heterocycles. The molecule has 1 aliphatic carbocycles. The Balaban J connectivity index is 1.87. The molecule has 1 amide bonds. The van der Waals surface area contributed by atoms with Crippen LogP contribution < -0.4 is 10.5 Å². The number of likely N-dealkylation sites (N-methyl/N-ethyl adjacent to an activating group) is 1. The van der Waals surface area contributed by atoms with Crippen LogP contribution in [0.1, 0.15) is 32.8 Å². The normalized spacial score (nSPS) is 25.0. The number of carbonyl (C=O) groups excluding carboxylic acids is 1. The topological polar surface area (TPSA) is 64.8 Å². The third-order valence-electron chi connectivity index (χ3n) is 5.27. The highest BCUT2D eigenvalue weighted by Crippen LogP contribution is 2.50. The van der Waals surface area contributed by atoms with Crippen molar-refractivity contribution >= 4 is 5.91 Å². The number of carbonyl (C=O) groups is 1. The largest absolute Gasteiger partial charge is 0.492 e. The SMILES string of the molecule is CCOC1CC(N)(C(=O)N(C)CCOc2ccc(C)cc2)C1(C)C. The molecule has 2 atom stereocenters. The Bertz CT molecular complexity index is 570. The summed E-state index contributed by atoms with van der Waals surface area (Å²) in [6.07, 6.45) is 0.601. The number of nitrogens with zero attached hydrogens (tertiary/aromatic N) is 1. The molecule has 1 aromatic carbocycles. The molecular weight excluding hydrogens is 304 g/mol. The van der Waals surface area contributed by atoms with E-state index < -0.39 is 5.54 Å². The van der Waals surface area contributed by atoms with E-state index in [1.807, 2.05) is 52.0 Å². The highest BCUT2D eigenvalue weighted by atomic mass is 16.5. The first kappa shape index (κ1) is 18.7. The average molecular weight is 334 g/mol. The standard InChI is InChI=1S/C19H30N2O3/c1-6-23-16-13-19(20,18(16,3)4)17(22)21(5)11-12-24-15-9-7-14(2)8-10-15/h7-10,16H,6,11-13,20H2,1-5H3. The van der Waals surface area contributed by atoms with Gasteiger partial charge in [0.1, 0.15) is 17.9 Å². The fourth-order valence-electron chi connectivity index (χ4n) is 3.18. The van der Waals surface area contributed by atoms with Crippen molar-refractivity contribution in [3.8, 4) is 5.75 Å². The molecule has 0 bridgehead atoms. The molecule has 5 heteroatoms. The van der Waals surface area contributed by atoms with Gasteiger partial charge in [0.05, 0.1) is 12.6 Å². The first-order valence-electron chi connectivity index (χ1n) is 8.58. The van der Waals surface area contributed by atoms with Crippen LogP contribution in [-0.4, -0.2) is 49.3 Å². The second kappa shape index (κ2) is 7.11. The van der Waals surface area contributed by atoms with E-state index in [4.69, 9.17) is 15.2 Å². The summed E-state index contributed by atoms with van der Waals surface area (Å²) < 4.78 is 11.4. The maximum atomic E-state index is 12.8. The summed E-state index contributed by atoms with van der Waals surface area (Å²) >= 11 is 0. The zero-order valence-corrected chi connectivity index (χ0v) is 15.5. The number of amides is 1. The van der Waals surface area contributed by atoms with Gasteiger partial charge in [-0.1, -0.05) is 31.5 Å². The van der Waals surface area contributed by atoms with Crippen molar-refractivity contribution in [1.29, 1.82) is 0 Å². The minimum Gasteiger partial charge on any atom is -0.492 e. The minimum atomic E-state index is -0.870. The van der Waals surface area contributed by atoms with E-state index in [0.29, 0.717) is 26.2 Å². The summed E-state index contributed by atoms with van der Waals surface area (Å²) in [4.78, 5) is 14.5. The molecule has 2 rings (SSSR count). The van der Waals surface area contributed by atoms with Crippen molar-refractivity contribution in [2.45, 2.75) is 45.8 Å². The highest BCUT2D eigenvalue weighted by molar-refractivity contribution is 5.88. The van der Waals surface area contributed by atoms with Gasteiger partial charge in [0, 0.05) is 25.5 Å². The van der Waals surface area contributed by atoms with Crippen LogP contribution in [0.5, 0.6) is 5.75 Å². The molecule has 2 N–H and O–H groups in total. The molecule has 1 aromatic rings. The summed E-state index contributed by atoms with van der Waals surface area (Å²) in [5.41, 5.74) is 6.39. The van der Waals surface area contributed by atoms with Gasteiger partial charge in [0.2, 0.25) is 5.91 Å². The first-order chi connectivity index (χ1) is 11.2. The molecular formula is C19H30N2O3. The molecule has 2 unspecified atom stereocenters. The van der Waals surface area contributed by atoms with Gasteiger partial charge >= 0.3 is 0 Å². The number of benzene rings is 1. The smallest absolute Gasteiger partial charge is 0.243 e. The molecule has 134 valence electrons. The lowest BCUT2D eigenvalue weighted by Crippen LogP contribution is -2.75. The Kier molecular flexibility index (Phi) is 5.56. The van der Waals surface area contributed by atoms with Gasteiger partial charge in [-0.3, -0.25) is 4.79 Å². The molecule has 0 saturated heterocycles. The predicted octanol–water partition coefficient (Wildman–Crippen LogP) is 2.36. The van der Waals surface area contributed by atoms with Gasteiger partial charge in [0.15, 0.2) is 0 Å². The van der Waals surface area contributed by atoms with Crippen LogP contribution in [0.2, 0.25) is 0 Å². The van der Waals surface area contributed by atoms with Crippen molar-refractivity contribution in [2.75, 3.05) is 26.8 Å². The van der Waals surface area contributed by atoms with Gasteiger partial charge in [-0.05, 0) is 26.0 Å². The van der Waals surface area contributed by atoms with Gasteiger partial charge < -0.3 is 20.1 Å². The summed E-state index contributed by atoms with van der Waals surface area (Å²) in [6, 6.07) is 7.88. The van der Waals surface area contributed by atoms with Crippen LogP contribution in [-0.2, 0) is 9.53 Å². The van der Waals surface area contributed by atoms with E-state index in [2.05, 4.69) is 0 Å². The number of aryl methyl sites for hydroxylation is 1. The number of ether oxygens (including phenoxy) is 2. The van der Waals surface area contributed by atoms with E-state index in [9.17, 15) is 4.79 Å². The zero-order valence-electron chi connectivity index (χ0n) is 15.5. The molecule has 24 heavy (non-hydrogen) atoms. The van der Waals surface area contributed by atoms with Crippen molar-refractivity contribution in [3.05, 3.63) is 29.8 Å². The van der Waals surface area contributed by atoms with Crippen molar-refractivity contribution in [3.63, 3.8) is 0 Å². The number of hydrogen-bond donors (Lipinski definition) is 1. The van der Waals surface area contributed by atoms with Crippen molar-refractivity contribution < 1.29 is 14.3 Å². The van der Waals surface area contributed by atoms with Gasteiger partial charge in [-0.2, -0.15) is 0 Å². The molecule has 5 nitrogen and oxygen atoms in total. The van der Waals surface area contributed by atoms with E-state index >= 15 is 0 Å². The second-order valence-corrected chi connectivity index (χ2v) is 7.23. The lowest BCUT2D eigenvalue weighted by molar-refractivity contribution is -0.178. The first-order valence-corrected chi connectivity index (χ1v) is 8.58. The van der Waals surface area contributed by atoms with E-state index in [1.54, 1.807) is 11.9 Å². The quantitative estimate of drug-likeness (QED) is 0.831. The number of nitrogens with two attached hydrogens (primary N) is 1. The lowest BCUT2D eigenvalue weighted by atomic mass is 9.54. The summed E-state index contributed by atoms with van der Waals surface area (Å²) in [5.74, 6) is 0.764. The Morgan fingerprint density at radius 3 is 2.50 bits per heavy atom. The van der Waals surface area contributed by atoms with Crippen LogP contribution in [0.15, 0.2) is 24.3 Å². The third-order valence-corrected chi connectivity index (χ3v) is 5.27. The molecule has 0 radical (unpaired) electrons. The Hall–Kier alpha value is -1.59. The Labute approximate surface area is 145 Å². The van der Waals surface area contributed by atoms with Gasteiger partial charge in [0.25, 0.3) is 0 Å². The van der Waals surface area contributed by atoms with Crippen LogP contribution in [0.25, 0.3) is 0 Å². The van der Waals surface area contributed by atoms with Crippen molar-refractivity contribution in [2.24, 2.45) is 11.1 Å². The van der Waals surface area contributed by atoms with E-state index in [1.165, 1.54) is 5.56 Å². The number of hydrogen-bond acceptors (Lipinski definition) is 4. The molecule has 1 aliphatic rings. The predicted molar refractivity (Wildman–Crippen MR) is 95.0 cm³/mol. The van der Waals surface area contributed by atoms with E-state index in [0.717, 1.165) is 5.75 Å². The van der Waals surface area contributed by atoms with Crippen molar-refractivity contribution in [1.82, 2.24) is 4.90 Å². The fraction of sp³-hybridized carbons (Fsp3) is 0.632. The van der Waals surface area contributed by atoms with Crippen LogP contribution in [0.4, 0.5) is 0 Å². The molecule has 1 saturated carbocycles. The fourth-order valence-corrected chi connectivity index (χ4v) is 3.18. The summed E-state index contributed by atoms with van der Waals surface area (Å²) in [5, 5.41) is 0. The molecule has 0 aliphatic heterocycles. The van der Waals surface area contributed by atoms with Crippen LogP contribution >= 0.6 is 0 Å². The average Bonchev–Trinajstić information content (AvgIpc) is 2.55. The molecule has 1 fully saturated rings. The maximum Gasteiger partial charge on any atom is 0.243 e. The minimum absolute atomic E-state index is 0.0358. The van der Waals surface area contributed by atoms with Crippen LogP contribution in [0, 0.1) is 12.3 Å². The maximum absolute atomic E-state index is 12.8. The number of rotatable bonds is 7. The van der Waals surface area contributed by atoms with Gasteiger partial charge in [-0.25, -0.2) is 0 Å². The Morgan fingerprint density at radius 1 is 1.33 bits per heavy atom. The second-order valence-electron chi connectivity index (χ2n) is 7.23. The molecule has 0 aromatic heterocycles. The highest BCUT2D eigenvalue weighted by Gasteiger charge is 2.63. The van der Waals surface area contributed by atoms with Crippen LogP contribution in [0.3, 0.4) is 0 Å². The molecule has 0 spiro atoms. The zero-order chi connectivity index (χ0) is 18.0. The summed E-state index contributed by atoms with van der Waals surface area (Å²) in [6.45, 7) is 9.59. The van der Waals surface area contributed by atoms with Gasteiger partial charge in [-0.15, -0.1) is 0 Å². The summed E-state index contributed by atoms with van der Waals surface area (Å²) in [7, 11) is 1.78. The lowest BCUT2D eigenvalue weighted by Gasteiger charge is -2.58.